The molecule has 1 aliphatic heterocycles. The van der Waals surface area contributed by atoms with Crippen molar-refractivity contribution in [3.63, 3.8) is 0 Å². The molecule has 5 rings (SSSR count). The number of methoxy groups -OCH3 is 1. The summed E-state index contributed by atoms with van der Waals surface area (Å²) in [7, 11) is -2.38. The van der Waals surface area contributed by atoms with Gasteiger partial charge in [0.05, 0.1) is 23.3 Å². The normalized spacial score (nSPS) is 16.3. The van der Waals surface area contributed by atoms with Crippen LogP contribution in [0.4, 0.5) is 5.69 Å². The highest BCUT2D eigenvalue weighted by Crippen LogP contribution is 2.34. The van der Waals surface area contributed by atoms with Crippen molar-refractivity contribution in [2.75, 3.05) is 38.2 Å². The van der Waals surface area contributed by atoms with Crippen molar-refractivity contribution in [2.24, 2.45) is 0 Å². The Balaban J connectivity index is 1.47. The van der Waals surface area contributed by atoms with E-state index in [-0.39, 0.29) is 40.5 Å². The van der Waals surface area contributed by atoms with Gasteiger partial charge in [-0.25, -0.2) is 8.42 Å². The zero-order valence-corrected chi connectivity index (χ0v) is 18.8. The van der Waals surface area contributed by atoms with Crippen LogP contribution in [-0.2, 0) is 10.0 Å². The van der Waals surface area contributed by atoms with E-state index in [2.05, 4.69) is 4.90 Å². The number of nitrogens with zero attached hydrogens (tertiary/aromatic N) is 2. The zero-order chi connectivity index (χ0) is 23.2. The second kappa shape index (κ2) is 8.13. The van der Waals surface area contributed by atoms with Crippen molar-refractivity contribution in [1.82, 2.24) is 4.31 Å². The van der Waals surface area contributed by atoms with Crippen LogP contribution in [0.5, 0.6) is 5.75 Å². The number of anilines is 1. The van der Waals surface area contributed by atoms with Gasteiger partial charge >= 0.3 is 0 Å². The van der Waals surface area contributed by atoms with Crippen LogP contribution in [0, 0.1) is 0 Å². The molecule has 0 saturated carbocycles. The minimum Gasteiger partial charge on any atom is -0.495 e. The fourth-order valence-corrected chi connectivity index (χ4v) is 6.16. The Labute approximate surface area is 192 Å². The third-order valence-electron chi connectivity index (χ3n) is 6.20. The van der Waals surface area contributed by atoms with E-state index in [9.17, 15) is 18.0 Å². The Morgan fingerprint density at radius 3 is 2.03 bits per heavy atom. The van der Waals surface area contributed by atoms with Crippen molar-refractivity contribution < 1.29 is 22.7 Å². The van der Waals surface area contributed by atoms with Gasteiger partial charge in [-0.3, -0.25) is 9.59 Å². The van der Waals surface area contributed by atoms with Crippen LogP contribution in [0.3, 0.4) is 0 Å². The third kappa shape index (κ3) is 3.42. The second-order valence-corrected chi connectivity index (χ2v) is 9.85. The lowest BCUT2D eigenvalue weighted by atomic mass is 9.84. The number of carbonyl (C=O) groups is 2. The summed E-state index contributed by atoms with van der Waals surface area (Å²) in [6, 6.07) is 18.6. The van der Waals surface area contributed by atoms with E-state index in [1.54, 1.807) is 31.4 Å². The maximum atomic E-state index is 13.6. The number of ketones is 2. The summed E-state index contributed by atoms with van der Waals surface area (Å²) in [6.07, 6.45) is 0. The summed E-state index contributed by atoms with van der Waals surface area (Å²) in [4.78, 5) is 28.2. The van der Waals surface area contributed by atoms with Gasteiger partial charge in [-0.15, -0.1) is 0 Å². The molecule has 3 aromatic carbocycles. The molecule has 1 aliphatic carbocycles. The molecule has 2 aliphatic rings. The van der Waals surface area contributed by atoms with Crippen LogP contribution in [-0.4, -0.2) is 57.6 Å². The van der Waals surface area contributed by atoms with Gasteiger partial charge in [0.25, 0.3) is 0 Å². The molecule has 0 amide bonds. The van der Waals surface area contributed by atoms with Gasteiger partial charge in [0.2, 0.25) is 10.0 Å². The molecule has 8 heteroatoms. The van der Waals surface area contributed by atoms with Gasteiger partial charge in [-0.2, -0.15) is 4.31 Å². The molecule has 1 fully saturated rings. The van der Waals surface area contributed by atoms with Gasteiger partial charge in [0.1, 0.15) is 5.75 Å². The molecule has 1 saturated heterocycles. The number of benzene rings is 3. The average molecular weight is 463 g/mol. The monoisotopic (exact) mass is 462 g/mol. The van der Waals surface area contributed by atoms with Gasteiger partial charge < -0.3 is 9.64 Å². The molecule has 0 unspecified atom stereocenters. The van der Waals surface area contributed by atoms with Crippen LogP contribution >= 0.6 is 0 Å². The largest absolute Gasteiger partial charge is 0.495 e. The molecule has 0 bridgehead atoms. The molecule has 3 aromatic rings. The Morgan fingerprint density at radius 1 is 0.727 bits per heavy atom. The number of fused-ring (bicyclic) bond motifs is 2. The summed E-state index contributed by atoms with van der Waals surface area (Å²) >= 11 is 0. The number of sulfonamides is 1. The van der Waals surface area contributed by atoms with E-state index in [0.717, 1.165) is 11.4 Å². The molecule has 0 radical (unpaired) electrons. The first kappa shape index (κ1) is 21.4. The molecule has 168 valence electrons. The first-order valence-corrected chi connectivity index (χ1v) is 12.1. The average Bonchev–Trinajstić information content (AvgIpc) is 2.87. The van der Waals surface area contributed by atoms with Gasteiger partial charge in [0.15, 0.2) is 11.6 Å². The number of hydrogen-bond donors (Lipinski definition) is 0. The number of ether oxygens (including phenoxy) is 1. The molecule has 0 N–H and O–H groups in total. The zero-order valence-electron chi connectivity index (χ0n) is 18.0. The Morgan fingerprint density at radius 2 is 1.33 bits per heavy atom. The number of hydrogen-bond acceptors (Lipinski definition) is 6. The van der Waals surface area contributed by atoms with Crippen molar-refractivity contribution in [3.8, 4) is 5.75 Å². The molecular weight excluding hydrogens is 440 g/mol. The molecule has 7 nitrogen and oxygen atoms in total. The molecular formula is C25H22N2O5S. The van der Waals surface area contributed by atoms with Crippen LogP contribution in [0.2, 0.25) is 0 Å². The van der Waals surface area contributed by atoms with E-state index in [4.69, 9.17) is 4.74 Å². The van der Waals surface area contributed by atoms with Crippen LogP contribution in [0.1, 0.15) is 31.8 Å². The van der Waals surface area contributed by atoms with E-state index in [1.807, 2.05) is 24.3 Å². The van der Waals surface area contributed by atoms with Crippen LogP contribution < -0.4 is 9.64 Å². The van der Waals surface area contributed by atoms with Crippen molar-refractivity contribution >= 4 is 27.3 Å². The first-order valence-electron chi connectivity index (χ1n) is 10.6. The molecule has 0 aromatic heterocycles. The number of para-hydroxylation sites is 2. The number of piperazine rings is 1. The van der Waals surface area contributed by atoms with Gasteiger partial charge in [0, 0.05) is 42.9 Å². The SMILES string of the molecule is COc1ccccc1N1CCN(S(=O)(=O)c2cccc3c2C(=O)c2ccccc2C3=O)CC1. The lowest BCUT2D eigenvalue weighted by Crippen LogP contribution is -2.49. The van der Waals surface area contributed by atoms with E-state index in [0.29, 0.717) is 18.7 Å². The quantitative estimate of drug-likeness (QED) is 0.464. The molecule has 0 spiro atoms. The highest BCUT2D eigenvalue weighted by Gasteiger charge is 2.37. The maximum absolute atomic E-state index is 13.6. The predicted molar refractivity (Wildman–Crippen MR) is 124 cm³/mol. The topological polar surface area (TPSA) is 84.0 Å². The summed E-state index contributed by atoms with van der Waals surface area (Å²) in [5.41, 5.74) is 1.54. The highest BCUT2D eigenvalue weighted by molar-refractivity contribution is 7.89. The lowest BCUT2D eigenvalue weighted by Gasteiger charge is -2.36. The minimum atomic E-state index is -3.98. The first-order chi connectivity index (χ1) is 15.9. The fourth-order valence-electron chi connectivity index (χ4n) is 4.53. The third-order valence-corrected chi connectivity index (χ3v) is 8.14. The molecule has 33 heavy (non-hydrogen) atoms. The van der Waals surface area contributed by atoms with E-state index < -0.39 is 15.8 Å². The summed E-state index contributed by atoms with van der Waals surface area (Å²) in [6.45, 7) is 1.46. The van der Waals surface area contributed by atoms with E-state index in [1.165, 1.54) is 22.5 Å². The van der Waals surface area contributed by atoms with E-state index >= 15 is 0 Å². The van der Waals surface area contributed by atoms with Gasteiger partial charge in [-0.1, -0.05) is 48.5 Å². The maximum Gasteiger partial charge on any atom is 0.243 e. The fraction of sp³-hybridized carbons (Fsp3) is 0.200. The van der Waals surface area contributed by atoms with Crippen molar-refractivity contribution in [3.05, 3.63) is 89.0 Å². The smallest absolute Gasteiger partial charge is 0.243 e. The van der Waals surface area contributed by atoms with Gasteiger partial charge in [-0.05, 0) is 18.2 Å². The summed E-state index contributed by atoms with van der Waals surface area (Å²) in [5.74, 6) is -0.0426. The predicted octanol–water partition coefficient (Wildman–Crippen LogP) is 2.98. The Bertz CT molecular complexity index is 1380. The van der Waals surface area contributed by atoms with Crippen LogP contribution in [0.25, 0.3) is 0 Å². The van der Waals surface area contributed by atoms with Crippen LogP contribution in [0.15, 0.2) is 71.6 Å². The molecule has 1 heterocycles. The summed E-state index contributed by atoms with van der Waals surface area (Å²) in [5, 5.41) is 0. The summed E-state index contributed by atoms with van der Waals surface area (Å²) < 4.78 is 34.0. The second-order valence-electron chi connectivity index (χ2n) is 7.95. The minimum absolute atomic E-state index is 0.0339. The number of carbonyl (C=O) groups excluding carboxylic acids is 2. The Hall–Kier alpha value is -3.49. The highest BCUT2D eigenvalue weighted by atomic mass is 32.2. The standard InChI is InChI=1S/C25H22N2O5S/c1-32-21-11-5-4-10-20(21)26-13-15-27(16-14-26)33(30,31)22-12-6-9-19-23(22)25(29)18-8-3-2-7-17(18)24(19)28/h2-12H,13-16H2,1H3. The molecule has 0 atom stereocenters. The van der Waals surface area contributed by atoms with Crippen molar-refractivity contribution in [2.45, 2.75) is 4.90 Å². The Kier molecular flexibility index (Phi) is 5.26. The lowest BCUT2D eigenvalue weighted by molar-refractivity contribution is 0.0976. The van der Waals surface area contributed by atoms with Crippen molar-refractivity contribution in [1.29, 1.82) is 0 Å². The number of rotatable bonds is 4.